The van der Waals surface area contributed by atoms with Crippen molar-refractivity contribution in [1.82, 2.24) is 0 Å². The van der Waals surface area contributed by atoms with Gasteiger partial charge in [0.05, 0.1) is 0 Å². The normalized spacial score (nSPS) is 7.78. The molecule has 1 N–H and O–H groups in total. The van der Waals surface area contributed by atoms with Crippen LogP contribution in [0.1, 0.15) is 145 Å². The van der Waals surface area contributed by atoms with Crippen molar-refractivity contribution in [3.05, 3.63) is 0 Å². The predicted molar refractivity (Wildman–Crippen MR) is 239 cm³/mol. The smallest absolute Gasteiger partial charge is 0.300 e. The maximum Gasteiger partial charge on any atom is 0.300 e. The Morgan fingerprint density at radius 3 is 0.220 bits per heavy atom. The van der Waals surface area contributed by atoms with E-state index in [1.165, 1.54) is 138 Å². The van der Waals surface area contributed by atoms with E-state index >= 15 is 0 Å². The molecule has 0 radical (unpaired) electrons. The first-order valence-electron chi connectivity index (χ1n) is 16.4. The number of carbonyl (C=O) groups excluding carboxylic acids is 10. The lowest BCUT2D eigenvalue weighted by molar-refractivity contribution is -0.134. The van der Waals surface area contributed by atoms with E-state index in [4.69, 9.17) is 9.90 Å². The number of carboxylic acids is 1. The average molecular weight is 923 g/mol. The number of aliphatic carboxylic acids is 1. The summed E-state index contributed by atoms with van der Waals surface area (Å²) in [4.78, 5) is 103. The highest BCUT2D eigenvalue weighted by Crippen LogP contribution is 1.63. The van der Waals surface area contributed by atoms with Crippen LogP contribution in [0.2, 0.25) is 0 Å². The standard InChI is InChI=1S/10C3H6O.3C2H6O2S.C2H4O2/c10*1-3(2)4;3*1-5(2,3)4;1-2(3)4/h10*1-2H3;3*1-2H3;1H3,(H,3,4). The van der Waals surface area contributed by atoms with Gasteiger partial charge in [0.25, 0.3) is 5.97 Å². The van der Waals surface area contributed by atoms with Crippen LogP contribution in [0.15, 0.2) is 0 Å². The number of Topliss-reactive ketones (excluding diaryl/α,β-unsaturated/α-hetero) is 10. The Bertz CT molecular complexity index is 1090. The minimum Gasteiger partial charge on any atom is -0.481 e. The van der Waals surface area contributed by atoms with Gasteiger partial charge in [-0.25, -0.2) is 25.3 Å². The molecular formula is C38H82O18S3. The van der Waals surface area contributed by atoms with Gasteiger partial charge in [0, 0.05) is 44.5 Å². The van der Waals surface area contributed by atoms with E-state index < -0.39 is 35.5 Å². The number of hydrogen-bond acceptors (Lipinski definition) is 17. The molecule has 0 fully saturated rings. The minimum atomic E-state index is -2.67. The lowest BCUT2D eigenvalue weighted by Crippen LogP contribution is -1.86. The van der Waals surface area contributed by atoms with Crippen LogP contribution >= 0.6 is 0 Å². The third kappa shape index (κ3) is 9230. The van der Waals surface area contributed by atoms with Gasteiger partial charge in [0.2, 0.25) is 0 Å². The number of carboxylic acid groups (broad SMARTS) is 1. The number of carbonyl (C=O) groups is 11. The summed E-state index contributed by atoms with van der Waals surface area (Å²) in [5.41, 5.74) is 0. The Balaban J connectivity index is -0.0000000308. The van der Waals surface area contributed by atoms with Gasteiger partial charge in [-0.15, -0.1) is 0 Å². The molecule has 18 nitrogen and oxygen atoms in total. The molecule has 0 atom stereocenters. The zero-order valence-corrected chi connectivity index (χ0v) is 43.6. The van der Waals surface area contributed by atoms with Gasteiger partial charge >= 0.3 is 0 Å². The Labute approximate surface area is 358 Å². The SMILES string of the molecule is CC(=O)O.CC(C)=O.CC(C)=O.CC(C)=O.CC(C)=O.CC(C)=O.CC(C)=O.CC(C)=O.CC(C)=O.CC(C)=O.CC(C)=O.CS(C)(=O)=O.CS(C)(=O)=O.CS(C)(=O)=O. The van der Waals surface area contributed by atoms with E-state index in [-0.39, 0.29) is 57.8 Å². The van der Waals surface area contributed by atoms with Crippen molar-refractivity contribution in [2.75, 3.05) is 37.5 Å². The van der Waals surface area contributed by atoms with Crippen molar-refractivity contribution in [2.24, 2.45) is 0 Å². The maximum atomic E-state index is 9.63. The van der Waals surface area contributed by atoms with Crippen molar-refractivity contribution >= 4 is 93.3 Å². The third-order valence-corrected chi connectivity index (χ3v) is 0. The first kappa shape index (κ1) is 95.4. The van der Waals surface area contributed by atoms with E-state index in [9.17, 15) is 73.2 Å². The van der Waals surface area contributed by atoms with E-state index in [1.54, 1.807) is 0 Å². The molecule has 0 aliphatic heterocycles. The zero-order chi connectivity index (χ0) is 52.9. The summed E-state index contributed by atoms with van der Waals surface area (Å²) in [6, 6.07) is 0. The largest absolute Gasteiger partial charge is 0.481 e. The summed E-state index contributed by atoms with van der Waals surface area (Å²) in [5.74, 6) is 0.833. The molecule has 0 rings (SSSR count). The second-order valence-electron chi connectivity index (χ2n) is 13.0. The fourth-order valence-corrected chi connectivity index (χ4v) is 0. The first-order chi connectivity index (χ1) is 25.1. The number of sulfone groups is 3. The summed E-state index contributed by atoms with van der Waals surface area (Å²) in [5, 5.41) is 7.42. The summed E-state index contributed by atoms with van der Waals surface area (Å²) in [6.45, 7) is 31.6. The predicted octanol–water partition coefficient (Wildman–Crippen LogP) is 5.03. The third-order valence-electron chi connectivity index (χ3n) is 0. The molecule has 21 heteroatoms. The first-order valence-corrected chi connectivity index (χ1v) is 23.3. The van der Waals surface area contributed by atoms with E-state index in [0.717, 1.165) is 44.5 Å². The van der Waals surface area contributed by atoms with Crippen molar-refractivity contribution in [3.63, 3.8) is 0 Å². The fourth-order valence-electron chi connectivity index (χ4n) is 0. The second-order valence-corrected chi connectivity index (χ2v) is 19.9. The summed E-state index contributed by atoms with van der Waals surface area (Å²) < 4.78 is 57.8. The van der Waals surface area contributed by atoms with Gasteiger partial charge in [-0.05, 0) is 138 Å². The molecule has 0 aliphatic carbocycles. The quantitative estimate of drug-likeness (QED) is 0.333. The molecule has 0 saturated carbocycles. The van der Waals surface area contributed by atoms with Crippen LogP contribution in [0.3, 0.4) is 0 Å². The molecule has 0 amide bonds. The monoisotopic (exact) mass is 922 g/mol. The molecule has 59 heavy (non-hydrogen) atoms. The molecule has 0 spiro atoms. The summed E-state index contributed by atoms with van der Waals surface area (Å²) in [7, 11) is -8.00. The Kier molecular flexibility index (Phi) is 111. The number of rotatable bonds is 0. The van der Waals surface area contributed by atoms with Gasteiger partial charge in [-0.2, -0.15) is 0 Å². The van der Waals surface area contributed by atoms with Crippen LogP contribution < -0.4 is 0 Å². The van der Waals surface area contributed by atoms with Crippen molar-refractivity contribution < 1.29 is 83.1 Å². The van der Waals surface area contributed by atoms with Crippen LogP contribution in [-0.2, 0) is 82.3 Å². The van der Waals surface area contributed by atoms with E-state index in [2.05, 4.69) is 0 Å². The van der Waals surface area contributed by atoms with Gasteiger partial charge in [-0.1, -0.05) is 0 Å². The van der Waals surface area contributed by atoms with Gasteiger partial charge < -0.3 is 53.1 Å². The molecule has 0 aromatic rings. The molecule has 0 aromatic carbocycles. The second kappa shape index (κ2) is 68.7. The molecule has 0 unspecified atom stereocenters. The lowest BCUT2D eigenvalue weighted by atomic mass is 10.6. The molecular weight excluding hydrogens is 841 g/mol. The Morgan fingerprint density at radius 2 is 0.220 bits per heavy atom. The van der Waals surface area contributed by atoms with Gasteiger partial charge in [0.15, 0.2) is 0 Å². The molecule has 360 valence electrons. The van der Waals surface area contributed by atoms with Crippen LogP contribution in [0.25, 0.3) is 0 Å². The molecule has 0 aromatic heterocycles. The molecule has 0 saturated heterocycles. The topological polar surface area (TPSA) is 310 Å². The van der Waals surface area contributed by atoms with Crippen LogP contribution in [0, 0.1) is 0 Å². The average Bonchev–Trinajstić information content (AvgIpc) is 2.70. The van der Waals surface area contributed by atoms with E-state index in [1.807, 2.05) is 0 Å². The highest BCUT2D eigenvalue weighted by molar-refractivity contribution is 7.90. The summed E-state index contributed by atoms with van der Waals surface area (Å²) in [6.07, 6.45) is 6.96. The Hall–Kier alpha value is -3.98. The Morgan fingerprint density at radius 1 is 0.220 bits per heavy atom. The maximum absolute atomic E-state index is 9.63. The number of ketones is 10. The zero-order valence-electron chi connectivity index (χ0n) is 41.1. The van der Waals surface area contributed by atoms with Crippen molar-refractivity contribution in [3.8, 4) is 0 Å². The molecule has 0 aliphatic rings. The lowest BCUT2D eigenvalue weighted by Gasteiger charge is -1.69. The summed E-state index contributed by atoms with van der Waals surface area (Å²) >= 11 is 0. The highest BCUT2D eigenvalue weighted by Gasteiger charge is 1.80. The van der Waals surface area contributed by atoms with Crippen LogP contribution in [0.5, 0.6) is 0 Å². The van der Waals surface area contributed by atoms with E-state index in [0.29, 0.717) is 0 Å². The fraction of sp³-hybridized carbons (Fsp3) is 0.711. The van der Waals surface area contributed by atoms with Gasteiger partial charge in [0.1, 0.15) is 87.3 Å². The van der Waals surface area contributed by atoms with Crippen LogP contribution in [0.4, 0.5) is 0 Å². The minimum absolute atomic E-state index is 0.167. The van der Waals surface area contributed by atoms with Crippen molar-refractivity contribution in [2.45, 2.75) is 145 Å². The van der Waals surface area contributed by atoms with Crippen molar-refractivity contribution in [1.29, 1.82) is 0 Å². The molecule has 0 heterocycles. The number of hydrogen-bond donors (Lipinski definition) is 1. The van der Waals surface area contributed by atoms with Gasteiger partial charge in [-0.3, -0.25) is 4.79 Å². The highest BCUT2D eigenvalue weighted by atomic mass is 32.2. The molecule has 0 bridgehead atoms. The van der Waals surface area contributed by atoms with Crippen LogP contribution in [-0.4, -0.2) is 132 Å².